The quantitative estimate of drug-likeness (QED) is 0.546. The van der Waals surface area contributed by atoms with E-state index in [9.17, 15) is 4.79 Å². The fourth-order valence-electron chi connectivity index (χ4n) is 4.09. The Morgan fingerprint density at radius 1 is 1.23 bits per heavy atom. The van der Waals surface area contributed by atoms with Crippen molar-refractivity contribution in [1.82, 2.24) is 9.88 Å². The van der Waals surface area contributed by atoms with Crippen molar-refractivity contribution in [3.63, 3.8) is 0 Å². The number of para-hydroxylation sites is 1. The van der Waals surface area contributed by atoms with Crippen molar-refractivity contribution in [1.29, 1.82) is 0 Å². The summed E-state index contributed by atoms with van der Waals surface area (Å²) in [5.41, 5.74) is 4.85. The number of pyridine rings is 1. The number of ether oxygens (including phenoxy) is 1. The van der Waals surface area contributed by atoms with Crippen molar-refractivity contribution in [2.45, 2.75) is 45.8 Å². The van der Waals surface area contributed by atoms with Gasteiger partial charge in [0.2, 0.25) is 0 Å². The third-order valence-electron chi connectivity index (χ3n) is 5.81. The Bertz CT molecular complexity index is 1140. The zero-order chi connectivity index (χ0) is 21.8. The highest BCUT2D eigenvalue weighted by Crippen LogP contribution is 2.20. The molecule has 1 aliphatic heterocycles. The summed E-state index contributed by atoms with van der Waals surface area (Å²) in [6.07, 6.45) is 3.12. The molecule has 5 nitrogen and oxygen atoms in total. The number of benzene rings is 2. The molecule has 1 atom stereocenters. The molecular weight excluding hydrogens is 406 g/mol. The van der Waals surface area contributed by atoms with Crippen LogP contribution in [0.3, 0.4) is 0 Å². The van der Waals surface area contributed by atoms with Crippen LogP contribution in [0.15, 0.2) is 53.3 Å². The van der Waals surface area contributed by atoms with Gasteiger partial charge in [0.1, 0.15) is 0 Å². The average molecular weight is 436 g/mol. The van der Waals surface area contributed by atoms with E-state index >= 15 is 0 Å². The molecule has 2 aromatic carbocycles. The number of rotatable bonds is 6. The van der Waals surface area contributed by atoms with Gasteiger partial charge in [-0.25, -0.2) is 0 Å². The maximum Gasteiger partial charge on any atom is 0.253 e. The maximum absolute atomic E-state index is 12.8. The van der Waals surface area contributed by atoms with Crippen LogP contribution in [0.1, 0.15) is 36.5 Å². The normalized spacial score (nSPS) is 15.9. The van der Waals surface area contributed by atoms with E-state index in [-0.39, 0.29) is 11.7 Å². The van der Waals surface area contributed by atoms with Gasteiger partial charge in [0.05, 0.1) is 12.6 Å². The Labute approximate surface area is 188 Å². The molecule has 2 N–H and O–H groups in total. The van der Waals surface area contributed by atoms with Crippen LogP contribution in [0.2, 0.25) is 0 Å². The second-order valence-corrected chi connectivity index (χ2v) is 8.56. The van der Waals surface area contributed by atoms with E-state index in [0.717, 1.165) is 48.0 Å². The predicted octanol–water partition coefficient (Wildman–Crippen LogP) is 4.78. The van der Waals surface area contributed by atoms with Crippen molar-refractivity contribution in [2.24, 2.45) is 0 Å². The Hall–Kier alpha value is -2.70. The van der Waals surface area contributed by atoms with Gasteiger partial charge in [0.15, 0.2) is 5.11 Å². The van der Waals surface area contributed by atoms with Gasteiger partial charge in [0.25, 0.3) is 5.56 Å². The minimum atomic E-state index is -0.0783. The lowest BCUT2D eigenvalue weighted by molar-refractivity contribution is 0.0904. The molecule has 0 radical (unpaired) electrons. The van der Waals surface area contributed by atoms with Crippen LogP contribution in [0.5, 0.6) is 0 Å². The third kappa shape index (κ3) is 5.14. The van der Waals surface area contributed by atoms with E-state index in [1.165, 1.54) is 5.56 Å². The van der Waals surface area contributed by atoms with Crippen molar-refractivity contribution in [3.8, 4) is 0 Å². The first kappa shape index (κ1) is 21.5. The Balaban J connectivity index is 1.61. The minimum Gasteiger partial charge on any atom is -0.376 e. The first-order valence-corrected chi connectivity index (χ1v) is 11.3. The number of H-pyrrole nitrogens is 1. The van der Waals surface area contributed by atoms with Gasteiger partial charge in [-0.15, -0.1) is 0 Å². The van der Waals surface area contributed by atoms with E-state index in [1.54, 1.807) is 0 Å². The molecule has 4 rings (SSSR count). The first-order valence-electron chi connectivity index (χ1n) is 10.9. The van der Waals surface area contributed by atoms with Gasteiger partial charge in [-0.05, 0) is 73.6 Å². The summed E-state index contributed by atoms with van der Waals surface area (Å²) in [6.45, 7) is 6.06. The molecule has 31 heavy (non-hydrogen) atoms. The van der Waals surface area contributed by atoms with Crippen LogP contribution >= 0.6 is 12.2 Å². The van der Waals surface area contributed by atoms with E-state index in [0.29, 0.717) is 23.8 Å². The molecule has 2 heterocycles. The first-order chi connectivity index (χ1) is 15.0. The van der Waals surface area contributed by atoms with E-state index in [2.05, 4.69) is 41.2 Å². The predicted molar refractivity (Wildman–Crippen MR) is 131 cm³/mol. The SMILES string of the molecule is CCc1ccccc1NC(=S)N(Cc1cc2cc(C)ccc2[nH]c1=O)C[C@H]1CCCO1. The number of anilines is 1. The fraction of sp³-hybridized carbons (Fsp3) is 0.360. The lowest BCUT2D eigenvalue weighted by atomic mass is 10.1. The lowest BCUT2D eigenvalue weighted by Gasteiger charge is -2.28. The highest BCUT2D eigenvalue weighted by Gasteiger charge is 2.22. The monoisotopic (exact) mass is 435 g/mol. The summed E-state index contributed by atoms with van der Waals surface area (Å²) < 4.78 is 5.87. The van der Waals surface area contributed by atoms with E-state index in [1.807, 2.05) is 36.4 Å². The van der Waals surface area contributed by atoms with E-state index in [4.69, 9.17) is 17.0 Å². The smallest absolute Gasteiger partial charge is 0.253 e. The number of aromatic amines is 1. The van der Waals surface area contributed by atoms with Crippen molar-refractivity contribution in [2.75, 3.05) is 18.5 Å². The van der Waals surface area contributed by atoms with Gasteiger partial charge in [-0.3, -0.25) is 4.79 Å². The molecular formula is C25H29N3O2S. The average Bonchev–Trinajstić information content (AvgIpc) is 3.27. The summed E-state index contributed by atoms with van der Waals surface area (Å²) >= 11 is 5.81. The molecule has 0 aliphatic carbocycles. The molecule has 1 aromatic heterocycles. The molecule has 1 aliphatic rings. The molecule has 1 fully saturated rings. The molecule has 6 heteroatoms. The zero-order valence-electron chi connectivity index (χ0n) is 18.1. The molecule has 0 spiro atoms. The maximum atomic E-state index is 12.8. The lowest BCUT2D eigenvalue weighted by Crippen LogP contribution is -2.40. The molecule has 0 unspecified atom stereocenters. The van der Waals surface area contributed by atoms with Crippen molar-refractivity contribution >= 4 is 33.9 Å². The van der Waals surface area contributed by atoms with Crippen molar-refractivity contribution < 1.29 is 4.74 Å². The highest BCUT2D eigenvalue weighted by molar-refractivity contribution is 7.80. The van der Waals surface area contributed by atoms with Crippen LogP contribution in [0.4, 0.5) is 5.69 Å². The van der Waals surface area contributed by atoms with Crippen molar-refractivity contribution in [3.05, 3.63) is 75.6 Å². The number of hydrogen-bond donors (Lipinski definition) is 2. The van der Waals surface area contributed by atoms with Gasteiger partial charge in [-0.1, -0.05) is 36.8 Å². The molecule has 0 amide bonds. The second-order valence-electron chi connectivity index (χ2n) is 8.17. The number of aryl methyl sites for hydroxylation is 2. The van der Waals surface area contributed by atoms with Gasteiger partial charge >= 0.3 is 0 Å². The summed E-state index contributed by atoms with van der Waals surface area (Å²) in [7, 11) is 0. The Kier molecular flexibility index (Phi) is 6.68. The van der Waals surface area contributed by atoms with Gasteiger partial charge < -0.3 is 19.9 Å². The molecule has 3 aromatic rings. The van der Waals surface area contributed by atoms with Crippen LogP contribution in [-0.2, 0) is 17.7 Å². The topological polar surface area (TPSA) is 57.4 Å². The zero-order valence-corrected chi connectivity index (χ0v) is 18.9. The number of nitrogens with one attached hydrogen (secondary N) is 2. The van der Waals surface area contributed by atoms with Crippen LogP contribution in [0, 0.1) is 6.92 Å². The molecule has 0 saturated carbocycles. The number of nitrogens with zero attached hydrogens (tertiary/aromatic N) is 1. The van der Waals surface area contributed by atoms with Crippen LogP contribution in [0.25, 0.3) is 10.9 Å². The number of fused-ring (bicyclic) bond motifs is 1. The summed E-state index contributed by atoms with van der Waals surface area (Å²) in [5.74, 6) is 0. The number of aromatic nitrogens is 1. The number of thiocarbonyl (C=S) groups is 1. The standard InChI is InChI=1S/C25H29N3O2S/c1-3-18-7-4-5-9-22(18)27-25(31)28(16-21-8-6-12-30-21)15-20-14-19-13-17(2)10-11-23(19)26-24(20)29/h4-5,7,9-11,13-14,21H,3,6,8,12,15-16H2,1-2H3,(H,26,29)(H,27,31)/t21-/m1/s1. The summed E-state index contributed by atoms with van der Waals surface area (Å²) in [4.78, 5) is 17.9. The largest absolute Gasteiger partial charge is 0.376 e. The number of hydrogen-bond acceptors (Lipinski definition) is 3. The molecule has 162 valence electrons. The fourth-order valence-corrected chi connectivity index (χ4v) is 4.34. The highest BCUT2D eigenvalue weighted by atomic mass is 32.1. The van der Waals surface area contributed by atoms with Crippen LogP contribution in [-0.4, -0.2) is 34.3 Å². The summed E-state index contributed by atoms with van der Waals surface area (Å²) in [5, 5.41) is 5.05. The van der Waals surface area contributed by atoms with Crippen LogP contribution < -0.4 is 10.9 Å². The van der Waals surface area contributed by atoms with Gasteiger partial charge in [0, 0.05) is 29.9 Å². The third-order valence-corrected chi connectivity index (χ3v) is 6.17. The Morgan fingerprint density at radius 2 is 2.06 bits per heavy atom. The Morgan fingerprint density at radius 3 is 2.84 bits per heavy atom. The summed E-state index contributed by atoms with van der Waals surface area (Å²) in [6, 6.07) is 16.2. The van der Waals surface area contributed by atoms with E-state index < -0.39 is 0 Å². The minimum absolute atomic E-state index is 0.0783. The molecule has 0 bridgehead atoms. The second kappa shape index (κ2) is 9.62. The van der Waals surface area contributed by atoms with Gasteiger partial charge in [-0.2, -0.15) is 0 Å². The molecule has 1 saturated heterocycles.